The molecule has 4 rings (SSSR count). The molecule has 0 aliphatic carbocycles. The summed E-state index contributed by atoms with van der Waals surface area (Å²) in [5.41, 5.74) is 2.94. The summed E-state index contributed by atoms with van der Waals surface area (Å²) in [6.45, 7) is 2.44. The Kier molecular flexibility index (Phi) is 5.08. The number of hydrogen-bond acceptors (Lipinski definition) is 5. The molecule has 0 radical (unpaired) electrons. The monoisotopic (exact) mass is 368 g/mol. The van der Waals surface area contributed by atoms with Gasteiger partial charge in [-0.25, -0.2) is 0 Å². The Bertz CT molecular complexity index is 848. The molecule has 26 heavy (non-hydrogen) atoms. The highest BCUT2D eigenvalue weighted by Crippen LogP contribution is 2.25. The summed E-state index contributed by atoms with van der Waals surface area (Å²) < 4.78 is 7.85. The van der Waals surface area contributed by atoms with Crippen LogP contribution in [0.5, 0.6) is 0 Å². The third-order valence-electron chi connectivity index (χ3n) is 4.55. The summed E-state index contributed by atoms with van der Waals surface area (Å²) in [6.07, 6.45) is 6.15. The zero-order valence-electron chi connectivity index (χ0n) is 14.3. The largest absolute Gasteiger partial charge is 0.377 e. The van der Waals surface area contributed by atoms with E-state index in [-0.39, 0.29) is 11.9 Å². The molecule has 6 nitrogen and oxygen atoms in total. The van der Waals surface area contributed by atoms with Crippen molar-refractivity contribution in [2.45, 2.75) is 25.6 Å². The molecule has 1 amide bonds. The quantitative estimate of drug-likeness (QED) is 0.627. The minimum Gasteiger partial charge on any atom is -0.377 e. The molecule has 0 bridgehead atoms. The molecule has 7 heteroatoms. The Balaban J connectivity index is 1.38. The lowest BCUT2D eigenvalue weighted by molar-refractivity contribution is 0.0605. The van der Waals surface area contributed by atoms with Crippen LogP contribution < -0.4 is 0 Å². The Labute approximate surface area is 156 Å². The maximum atomic E-state index is 12.7. The van der Waals surface area contributed by atoms with E-state index in [4.69, 9.17) is 4.74 Å². The van der Waals surface area contributed by atoms with Gasteiger partial charge in [-0.2, -0.15) is 16.4 Å². The molecule has 1 aliphatic heterocycles. The molecule has 4 heterocycles. The van der Waals surface area contributed by atoms with E-state index in [2.05, 4.69) is 10.1 Å². The van der Waals surface area contributed by atoms with Crippen LogP contribution in [0.1, 0.15) is 34.1 Å². The van der Waals surface area contributed by atoms with Gasteiger partial charge in [0.2, 0.25) is 0 Å². The summed E-state index contributed by atoms with van der Waals surface area (Å²) in [5.74, 6) is 0.0846. The van der Waals surface area contributed by atoms with Gasteiger partial charge in [-0.1, -0.05) is 0 Å². The number of amides is 1. The van der Waals surface area contributed by atoms with E-state index < -0.39 is 0 Å². The lowest BCUT2D eigenvalue weighted by Crippen LogP contribution is -2.41. The third kappa shape index (κ3) is 3.68. The first-order valence-corrected chi connectivity index (χ1v) is 9.56. The fourth-order valence-corrected chi connectivity index (χ4v) is 3.84. The van der Waals surface area contributed by atoms with Crippen LogP contribution in [-0.2, 0) is 17.9 Å². The van der Waals surface area contributed by atoms with Crippen LogP contribution in [0.25, 0.3) is 0 Å². The van der Waals surface area contributed by atoms with Crippen molar-refractivity contribution in [1.82, 2.24) is 19.7 Å². The topological polar surface area (TPSA) is 60.2 Å². The number of carbonyl (C=O) groups is 1. The highest BCUT2D eigenvalue weighted by Gasteiger charge is 2.29. The van der Waals surface area contributed by atoms with Crippen LogP contribution in [0.3, 0.4) is 0 Å². The van der Waals surface area contributed by atoms with E-state index >= 15 is 0 Å². The number of hydrogen-bond donors (Lipinski definition) is 0. The first kappa shape index (κ1) is 16.9. The summed E-state index contributed by atoms with van der Waals surface area (Å²) in [7, 11) is 0. The van der Waals surface area contributed by atoms with Gasteiger partial charge in [0.25, 0.3) is 5.91 Å². The molecule has 1 unspecified atom stereocenters. The number of pyridine rings is 1. The normalized spacial score (nSPS) is 16.5. The van der Waals surface area contributed by atoms with Crippen molar-refractivity contribution in [2.24, 2.45) is 0 Å². The average molecular weight is 368 g/mol. The number of carbonyl (C=O) groups excluding carboxylic acids is 1. The minimum absolute atomic E-state index is 0.0846. The van der Waals surface area contributed by atoms with E-state index in [0.717, 1.165) is 23.2 Å². The molecule has 0 aromatic carbocycles. The lowest BCUT2D eigenvalue weighted by Gasteiger charge is -2.33. The standard InChI is InChI=1S/C19H20N4O2S/c24-19(16-5-10-26-14-16)22-11-17-3-8-21-23(17)18(12-22)4-9-25-13-15-1-6-20-7-2-15/h1-3,5-8,10,14,18H,4,9,11-13H2. The molecular formula is C19H20N4O2S. The summed E-state index contributed by atoms with van der Waals surface area (Å²) in [6, 6.07) is 7.90. The van der Waals surface area contributed by atoms with Crippen molar-refractivity contribution < 1.29 is 9.53 Å². The second kappa shape index (κ2) is 7.80. The highest BCUT2D eigenvalue weighted by atomic mass is 32.1. The van der Waals surface area contributed by atoms with Crippen LogP contribution >= 0.6 is 11.3 Å². The zero-order valence-corrected chi connectivity index (χ0v) is 15.1. The van der Waals surface area contributed by atoms with E-state index in [1.165, 1.54) is 0 Å². The predicted octanol–water partition coefficient (Wildman–Crippen LogP) is 3.14. The van der Waals surface area contributed by atoms with Gasteiger partial charge in [0.05, 0.1) is 30.5 Å². The van der Waals surface area contributed by atoms with Crippen LogP contribution in [0.2, 0.25) is 0 Å². The molecule has 134 valence electrons. The molecule has 0 spiro atoms. The summed E-state index contributed by atoms with van der Waals surface area (Å²) in [4.78, 5) is 18.6. The van der Waals surface area contributed by atoms with E-state index in [9.17, 15) is 4.79 Å². The molecule has 3 aromatic heterocycles. The average Bonchev–Trinajstić information content (AvgIpc) is 3.37. The van der Waals surface area contributed by atoms with Crippen molar-refractivity contribution in [3.05, 3.63) is 70.4 Å². The van der Waals surface area contributed by atoms with Crippen molar-refractivity contribution in [3.63, 3.8) is 0 Å². The van der Waals surface area contributed by atoms with Gasteiger partial charge in [0.1, 0.15) is 0 Å². The first-order valence-electron chi connectivity index (χ1n) is 8.62. The van der Waals surface area contributed by atoms with Gasteiger partial charge >= 0.3 is 0 Å². The van der Waals surface area contributed by atoms with Gasteiger partial charge in [0.15, 0.2) is 0 Å². The summed E-state index contributed by atoms with van der Waals surface area (Å²) in [5, 5.41) is 8.29. The highest BCUT2D eigenvalue weighted by molar-refractivity contribution is 7.08. The Hall–Kier alpha value is -2.51. The lowest BCUT2D eigenvalue weighted by atomic mass is 10.1. The van der Waals surface area contributed by atoms with E-state index in [1.54, 1.807) is 29.9 Å². The SMILES string of the molecule is O=C(c1ccsc1)N1Cc2ccnn2C(CCOCc2ccncc2)C1. The predicted molar refractivity (Wildman–Crippen MR) is 98.8 cm³/mol. The van der Waals surface area contributed by atoms with Crippen molar-refractivity contribution in [1.29, 1.82) is 0 Å². The molecule has 0 saturated heterocycles. The Morgan fingerprint density at radius 3 is 2.92 bits per heavy atom. The first-order chi connectivity index (χ1) is 12.8. The minimum atomic E-state index is 0.0846. The van der Waals surface area contributed by atoms with Gasteiger partial charge in [0, 0.05) is 37.1 Å². The van der Waals surface area contributed by atoms with Gasteiger partial charge in [-0.3, -0.25) is 14.5 Å². The smallest absolute Gasteiger partial charge is 0.255 e. The number of ether oxygens (including phenoxy) is 1. The Morgan fingerprint density at radius 1 is 1.23 bits per heavy atom. The third-order valence-corrected chi connectivity index (χ3v) is 5.23. The molecule has 1 atom stereocenters. The van der Waals surface area contributed by atoms with Gasteiger partial charge in [-0.15, -0.1) is 0 Å². The fraction of sp³-hybridized carbons (Fsp3) is 0.316. The number of thiophene rings is 1. The van der Waals surface area contributed by atoms with Crippen LogP contribution in [-0.4, -0.2) is 38.7 Å². The van der Waals surface area contributed by atoms with Crippen molar-refractivity contribution >= 4 is 17.2 Å². The Morgan fingerprint density at radius 2 is 2.12 bits per heavy atom. The molecule has 0 fully saturated rings. The molecule has 3 aromatic rings. The second-order valence-corrected chi connectivity index (χ2v) is 7.10. The van der Waals surface area contributed by atoms with E-state index in [1.807, 2.05) is 44.6 Å². The van der Waals surface area contributed by atoms with E-state index in [0.29, 0.717) is 26.3 Å². The maximum absolute atomic E-state index is 12.7. The van der Waals surface area contributed by atoms with Crippen LogP contribution in [0.15, 0.2) is 53.6 Å². The zero-order chi connectivity index (χ0) is 17.8. The van der Waals surface area contributed by atoms with Crippen molar-refractivity contribution in [3.8, 4) is 0 Å². The molecule has 0 N–H and O–H groups in total. The number of fused-ring (bicyclic) bond motifs is 1. The molecule has 1 aliphatic rings. The fourth-order valence-electron chi connectivity index (χ4n) is 3.21. The maximum Gasteiger partial charge on any atom is 0.255 e. The van der Waals surface area contributed by atoms with Crippen LogP contribution in [0, 0.1) is 0 Å². The number of nitrogens with zero attached hydrogens (tertiary/aromatic N) is 4. The van der Waals surface area contributed by atoms with Gasteiger partial charge < -0.3 is 9.64 Å². The van der Waals surface area contributed by atoms with Gasteiger partial charge in [-0.05, 0) is 41.6 Å². The van der Waals surface area contributed by atoms with Crippen LogP contribution in [0.4, 0.5) is 0 Å². The number of rotatable bonds is 6. The summed E-state index contributed by atoms with van der Waals surface area (Å²) >= 11 is 1.55. The number of aromatic nitrogens is 3. The van der Waals surface area contributed by atoms with Crippen molar-refractivity contribution in [2.75, 3.05) is 13.2 Å². The molecular weight excluding hydrogens is 348 g/mol. The molecule has 0 saturated carbocycles. The second-order valence-electron chi connectivity index (χ2n) is 6.32.